The zero-order valence-corrected chi connectivity index (χ0v) is 6.83. The van der Waals surface area contributed by atoms with Crippen LogP contribution in [-0.2, 0) is 0 Å². The van der Waals surface area contributed by atoms with Gasteiger partial charge in [0.05, 0.1) is 0 Å². The summed E-state index contributed by atoms with van der Waals surface area (Å²) in [5, 5.41) is 0. The van der Waals surface area contributed by atoms with E-state index in [9.17, 15) is 0 Å². The lowest BCUT2D eigenvalue weighted by Gasteiger charge is -1.98. The minimum atomic E-state index is 1.01. The van der Waals surface area contributed by atoms with Crippen molar-refractivity contribution in [2.24, 2.45) is 0 Å². The molecule has 0 saturated heterocycles. The molecule has 0 bridgehead atoms. The van der Waals surface area contributed by atoms with Crippen molar-refractivity contribution in [1.82, 2.24) is 0 Å². The van der Waals surface area contributed by atoms with Gasteiger partial charge in [-0.15, -0.1) is 0 Å². The largest absolute Gasteiger partial charge is 0.0992 e. The zero-order chi connectivity index (χ0) is 7.72. The maximum absolute atomic E-state index is 3.99. The quantitative estimate of drug-likeness (QED) is 0.446. The van der Waals surface area contributed by atoms with Gasteiger partial charge in [0, 0.05) is 0 Å². The highest BCUT2D eigenvalue weighted by atomic mass is 14.2. The summed E-state index contributed by atoms with van der Waals surface area (Å²) in [6.07, 6.45) is 2.07. The molecule has 1 saturated carbocycles. The number of hydrogen-bond acceptors (Lipinski definition) is 0. The summed E-state index contributed by atoms with van der Waals surface area (Å²) in [7, 11) is 0. The molecule has 54 valence electrons. The lowest BCUT2D eigenvalue weighted by Crippen LogP contribution is -1.79. The van der Waals surface area contributed by atoms with Crippen LogP contribution in [0, 0.1) is 0 Å². The highest BCUT2D eigenvalue weighted by Gasteiger charge is 2.14. The molecule has 0 N–H and O–H groups in total. The van der Waals surface area contributed by atoms with Gasteiger partial charge in [0.2, 0.25) is 0 Å². The fraction of sp³-hybridized carbons (Fsp3) is 0.400. The van der Waals surface area contributed by atoms with E-state index in [1.54, 1.807) is 0 Å². The third-order valence-electron chi connectivity index (χ3n) is 1.92. The third-order valence-corrected chi connectivity index (χ3v) is 1.92. The summed E-state index contributed by atoms with van der Waals surface area (Å²) in [5.74, 6) is 0. The Kier molecular flexibility index (Phi) is 1.80. The van der Waals surface area contributed by atoms with Crippen molar-refractivity contribution in [3.05, 3.63) is 35.5 Å². The molecule has 0 heterocycles. The van der Waals surface area contributed by atoms with Gasteiger partial charge in [-0.2, -0.15) is 0 Å². The van der Waals surface area contributed by atoms with Crippen LogP contribution in [0.5, 0.6) is 0 Å². The van der Waals surface area contributed by atoms with Crippen LogP contribution in [0.4, 0.5) is 0 Å². The van der Waals surface area contributed by atoms with Gasteiger partial charge in [-0.05, 0) is 37.8 Å². The van der Waals surface area contributed by atoms with Crippen molar-refractivity contribution in [1.29, 1.82) is 0 Å². The summed E-state index contributed by atoms with van der Waals surface area (Å²) in [6, 6.07) is 0. The monoisotopic (exact) mass is 134 g/mol. The maximum Gasteiger partial charge on any atom is -0.00645 e. The first-order chi connectivity index (χ1) is 4.61. The molecule has 0 spiro atoms. The second kappa shape index (κ2) is 2.45. The molecule has 1 aliphatic rings. The second-order valence-corrected chi connectivity index (χ2v) is 3.19. The molecule has 1 fully saturated rings. The Morgan fingerprint density at radius 3 is 2.00 bits per heavy atom. The molecule has 1 rings (SSSR count). The van der Waals surface area contributed by atoms with E-state index in [4.69, 9.17) is 0 Å². The first kappa shape index (κ1) is 7.33. The molecule has 0 aromatic carbocycles. The van der Waals surface area contributed by atoms with Gasteiger partial charge >= 0.3 is 0 Å². The first-order valence-corrected chi connectivity index (χ1v) is 3.62. The van der Waals surface area contributed by atoms with Gasteiger partial charge in [-0.1, -0.05) is 24.3 Å². The minimum absolute atomic E-state index is 1.01. The normalized spacial score (nSPS) is 18.4. The van der Waals surface area contributed by atoms with Crippen LogP contribution in [0.25, 0.3) is 0 Å². The molecule has 0 heteroatoms. The SMILES string of the molecule is C=C1CC(=C)C(=C(C)C)C1. The van der Waals surface area contributed by atoms with E-state index in [2.05, 4.69) is 27.0 Å². The standard InChI is InChI=1S/C10H14/c1-7(2)10-6-8(3)5-9(10)4/h3-6H2,1-2H3. The lowest BCUT2D eigenvalue weighted by molar-refractivity contribution is 1.18. The van der Waals surface area contributed by atoms with Crippen LogP contribution in [0.3, 0.4) is 0 Å². The van der Waals surface area contributed by atoms with E-state index < -0.39 is 0 Å². The van der Waals surface area contributed by atoms with Crippen molar-refractivity contribution in [3.8, 4) is 0 Å². The van der Waals surface area contributed by atoms with Gasteiger partial charge in [0.25, 0.3) is 0 Å². The summed E-state index contributed by atoms with van der Waals surface area (Å²) in [6.45, 7) is 12.2. The molecule has 0 aromatic heterocycles. The summed E-state index contributed by atoms with van der Waals surface area (Å²) >= 11 is 0. The fourth-order valence-electron chi connectivity index (χ4n) is 1.38. The van der Waals surface area contributed by atoms with Gasteiger partial charge in [-0.3, -0.25) is 0 Å². The zero-order valence-electron chi connectivity index (χ0n) is 6.83. The van der Waals surface area contributed by atoms with Crippen molar-refractivity contribution >= 4 is 0 Å². The van der Waals surface area contributed by atoms with Crippen molar-refractivity contribution in [2.75, 3.05) is 0 Å². The number of rotatable bonds is 0. The molecule has 0 unspecified atom stereocenters. The van der Waals surface area contributed by atoms with Crippen LogP contribution < -0.4 is 0 Å². The molecule has 0 radical (unpaired) electrons. The van der Waals surface area contributed by atoms with Gasteiger partial charge in [0.1, 0.15) is 0 Å². The Morgan fingerprint density at radius 2 is 1.80 bits per heavy atom. The van der Waals surface area contributed by atoms with Gasteiger partial charge in [0.15, 0.2) is 0 Å². The Morgan fingerprint density at radius 1 is 1.20 bits per heavy atom. The second-order valence-electron chi connectivity index (χ2n) is 3.19. The Balaban J connectivity index is 2.93. The van der Waals surface area contributed by atoms with E-state index in [1.807, 2.05) is 0 Å². The van der Waals surface area contributed by atoms with Crippen molar-refractivity contribution in [2.45, 2.75) is 26.7 Å². The molecule has 10 heavy (non-hydrogen) atoms. The molecule has 0 aliphatic heterocycles. The number of hydrogen-bond donors (Lipinski definition) is 0. The topological polar surface area (TPSA) is 0 Å². The first-order valence-electron chi connectivity index (χ1n) is 3.62. The van der Waals surface area contributed by atoms with E-state index in [0.717, 1.165) is 12.8 Å². The average Bonchev–Trinajstić information content (AvgIpc) is 2.10. The Labute approximate surface area is 62.9 Å². The highest BCUT2D eigenvalue weighted by Crippen LogP contribution is 2.34. The summed E-state index contributed by atoms with van der Waals surface area (Å²) in [4.78, 5) is 0. The van der Waals surface area contributed by atoms with E-state index in [1.165, 1.54) is 22.3 Å². The van der Waals surface area contributed by atoms with Crippen LogP contribution >= 0.6 is 0 Å². The van der Waals surface area contributed by atoms with Gasteiger partial charge in [-0.25, -0.2) is 0 Å². The fourth-order valence-corrected chi connectivity index (χ4v) is 1.38. The van der Waals surface area contributed by atoms with Crippen molar-refractivity contribution in [3.63, 3.8) is 0 Å². The van der Waals surface area contributed by atoms with Crippen LogP contribution in [-0.4, -0.2) is 0 Å². The predicted molar refractivity (Wildman–Crippen MR) is 45.9 cm³/mol. The van der Waals surface area contributed by atoms with E-state index in [-0.39, 0.29) is 0 Å². The summed E-state index contributed by atoms with van der Waals surface area (Å²) < 4.78 is 0. The highest BCUT2D eigenvalue weighted by molar-refractivity contribution is 5.43. The van der Waals surface area contributed by atoms with Crippen LogP contribution in [0.15, 0.2) is 35.5 Å². The van der Waals surface area contributed by atoms with E-state index in [0.29, 0.717) is 0 Å². The third kappa shape index (κ3) is 1.21. The Hall–Kier alpha value is -0.780. The van der Waals surface area contributed by atoms with Gasteiger partial charge < -0.3 is 0 Å². The van der Waals surface area contributed by atoms with Crippen LogP contribution in [0.1, 0.15) is 26.7 Å². The Bertz CT molecular complexity index is 212. The smallest absolute Gasteiger partial charge is 0.00645 e. The molecular weight excluding hydrogens is 120 g/mol. The molecule has 1 aliphatic carbocycles. The van der Waals surface area contributed by atoms with Crippen LogP contribution in [0.2, 0.25) is 0 Å². The van der Waals surface area contributed by atoms with Crippen molar-refractivity contribution < 1.29 is 0 Å². The maximum atomic E-state index is 3.99. The van der Waals surface area contributed by atoms with E-state index >= 15 is 0 Å². The molecule has 0 aromatic rings. The minimum Gasteiger partial charge on any atom is -0.0992 e. The molecule has 0 atom stereocenters. The predicted octanol–water partition coefficient (Wildman–Crippen LogP) is 3.23. The molecule has 0 amide bonds. The average molecular weight is 134 g/mol. The summed E-state index contributed by atoms with van der Waals surface area (Å²) in [5.41, 5.74) is 5.39. The molecule has 0 nitrogen and oxygen atoms in total. The molecular formula is C10H14. The number of allylic oxidation sites excluding steroid dienone is 4. The lowest BCUT2D eigenvalue weighted by atomic mass is 10.1.